The second kappa shape index (κ2) is 7.79. The van der Waals surface area contributed by atoms with Crippen LogP contribution in [0.3, 0.4) is 0 Å². The molecule has 0 saturated carbocycles. The number of rotatable bonds is 5. The smallest absolute Gasteiger partial charge is 0.227 e. The first-order valence-corrected chi connectivity index (χ1v) is 8.34. The van der Waals surface area contributed by atoms with E-state index in [1.807, 2.05) is 38.1 Å². The van der Waals surface area contributed by atoms with E-state index in [0.29, 0.717) is 0 Å². The zero-order valence-electron chi connectivity index (χ0n) is 14.5. The van der Waals surface area contributed by atoms with Crippen molar-refractivity contribution in [2.75, 3.05) is 23.3 Å². The van der Waals surface area contributed by atoms with Gasteiger partial charge >= 0.3 is 0 Å². The van der Waals surface area contributed by atoms with Crippen molar-refractivity contribution < 1.29 is 14.6 Å². The minimum atomic E-state index is -0.620. The predicted octanol–water partition coefficient (Wildman–Crippen LogP) is 2.65. The summed E-state index contributed by atoms with van der Waals surface area (Å²) in [6, 6.07) is 7.79. The summed E-state index contributed by atoms with van der Waals surface area (Å²) in [5.41, 5.74) is 1.79. The van der Waals surface area contributed by atoms with Gasteiger partial charge in [0.1, 0.15) is 0 Å². The number of nitrogens with zero attached hydrogens (tertiary/aromatic N) is 1. The van der Waals surface area contributed by atoms with Crippen LogP contribution in [-0.4, -0.2) is 42.4 Å². The fourth-order valence-corrected chi connectivity index (χ4v) is 2.86. The van der Waals surface area contributed by atoms with E-state index in [9.17, 15) is 9.90 Å². The quantitative estimate of drug-likeness (QED) is 0.875. The Labute approximate surface area is 138 Å². The minimum absolute atomic E-state index is 0.0666. The summed E-state index contributed by atoms with van der Waals surface area (Å²) < 4.78 is 5.78. The highest BCUT2D eigenvalue weighted by Crippen LogP contribution is 2.28. The monoisotopic (exact) mass is 320 g/mol. The van der Waals surface area contributed by atoms with Crippen LogP contribution >= 0.6 is 0 Å². The summed E-state index contributed by atoms with van der Waals surface area (Å²) >= 11 is 0. The SMILES string of the molecule is CC1CN(c2ccccc2NC(=O)CC(O)C(C)C)CC(C)O1. The summed E-state index contributed by atoms with van der Waals surface area (Å²) in [6.07, 6.45) is -0.191. The third kappa shape index (κ3) is 4.94. The van der Waals surface area contributed by atoms with Crippen molar-refractivity contribution >= 4 is 17.3 Å². The molecule has 5 heteroatoms. The normalized spacial score (nSPS) is 23.0. The maximum absolute atomic E-state index is 12.2. The van der Waals surface area contributed by atoms with Crippen molar-refractivity contribution in [2.24, 2.45) is 5.92 Å². The molecule has 0 aliphatic carbocycles. The van der Waals surface area contributed by atoms with Crippen molar-refractivity contribution in [3.05, 3.63) is 24.3 Å². The van der Waals surface area contributed by atoms with Crippen LogP contribution in [0.25, 0.3) is 0 Å². The van der Waals surface area contributed by atoms with Crippen LogP contribution in [-0.2, 0) is 9.53 Å². The van der Waals surface area contributed by atoms with E-state index >= 15 is 0 Å². The van der Waals surface area contributed by atoms with E-state index < -0.39 is 6.10 Å². The van der Waals surface area contributed by atoms with E-state index in [2.05, 4.69) is 24.1 Å². The molecule has 1 aromatic carbocycles. The lowest BCUT2D eigenvalue weighted by Gasteiger charge is -2.37. The van der Waals surface area contributed by atoms with Gasteiger partial charge in [-0.3, -0.25) is 4.79 Å². The molecule has 5 nitrogen and oxygen atoms in total. The largest absolute Gasteiger partial charge is 0.392 e. The number of anilines is 2. The molecule has 0 aromatic heterocycles. The lowest BCUT2D eigenvalue weighted by molar-refractivity contribution is -0.118. The van der Waals surface area contributed by atoms with Gasteiger partial charge in [0.05, 0.1) is 36.1 Å². The van der Waals surface area contributed by atoms with Crippen molar-refractivity contribution in [2.45, 2.75) is 52.4 Å². The molecule has 1 saturated heterocycles. The number of hydrogen-bond acceptors (Lipinski definition) is 4. The first-order valence-electron chi connectivity index (χ1n) is 8.34. The van der Waals surface area contributed by atoms with Gasteiger partial charge in [0.15, 0.2) is 0 Å². The first-order chi connectivity index (χ1) is 10.9. The van der Waals surface area contributed by atoms with Crippen LogP contribution in [0.1, 0.15) is 34.1 Å². The Morgan fingerprint density at radius 3 is 2.52 bits per heavy atom. The minimum Gasteiger partial charge on any atom is -0.392 e. The zero-order valence-corrected chi connectivity index (χ0v) is 14.5. The third-order valence-corrected chi connectivity index (χ3v) is 4.10. The number of para-hydroxylation sites is 2. The van der Waals surface area contributed by atoms with Crippen molar-refractivity contribution in [1.29, 1.82) is 0 Å². The van der Waals surface area contributed by atoms with Crippen LogP contribution in [0, 0.1) is 5.92 Å². The third-order valence-electron chi connectivity index (χ3n) is 4.10. The van der Waals surface area contributed by atoms with E-state index in [4.69, 9.17) is 4.74 Å². The van der Waals surface area contributed by atoms with Gasteiger partial charge in [-0.05, 0) is 31.9 Å². The molecule has 1 aliphatic rings. The van der Waals surface area contributed by atoms with Gasteiger partial charge < -0.3 is 20.1 Å². The molecule has 1 fully saturated rings. The number of hydrogen-bond donors (Lipinski definition) is 2. The molecule has 2 N–H and O–H groups in total. The van der Waals surface area contributed by atoms with Crippen LogP contribution in [0.5, 0.6) is 0 Å². The van der Waals surface area contributed by atoms with Gasteiger partial charge in [0.25, 0.3) is 0 Å². The highest BCUT2D eigenvalue weighted by Gasteiger charge is 2.24. The maximum atomic E-state index is 12.2. The molecule has 128 valence electrons. The van der Waals surface area contributed by atoms with Gasteiger partial charge in [-0.2, -0.15) is 0 Å². The number of carbonyl (C=O) groups is 1. The zero-order chi connectivity index (χ0) is 17.0. The maximum Gasteiger partial charge on any atom is 0.227 e. The van der Waals surface area contributed by atoms with Gasteiger partial charge in [0.2, 0.25) is 5.91 Å². The molecular weight excluding hydrogens is 292 g/mol. The Kier molecular flexibility index (Phi) is 6.02. The van der Waals surface area contributed by atoms with Crippen LogP contribution in [0.15, 0.2) is 24.3 Å². The number of ether oxygens (including phenoxy) is 1. The van der Waals surface area contributed by atoms with E-state index in [1.165, 1.54) is 0 Å². The second-order valence-corrected chi connectivity index (χ2v) is 6.74. The second-order valence-electron chi connectivity index (χ2n) is 6.74. The highest BCUT2D eigenvalue weighted by molar-refractivity contribution is 5.94. The van der Waals surface area contributed by atoms with Crippen LogP contribution < -0.4 is 10.2 Å². The molecule has 0 bridgehead atoms. The number of carbonyl (C=O) groups excluding carboxylic acids is 1. The summed E-state index contributed by atoms with van der Waals surface area (Å²) in [5, 5.41) is 12.8. The summed E-state index contributed by atoms with van der Waals surface area (Å²) in [4.78, 5) is 14.4. The van der Waals surface area contributed by atoms with E-state index in [-0.39, 0.29) is 30.5 Å². The molecule has 3 unspecified atom stereocenters. The van der Waals surface area contributed by atoms with Crippen molar-refractivity contribution in [1.82, 2.24) is 0 Å². The number of nitrogens with one attached hydrogen (secondary N) is 1. The first kappa shape index (κ1) is 17.8. The Balaban J connectivity index is 2.10. The van der Waals surface area contributed by atoms with Gasteiger partial charge in [-0.25, -0.2) is 0 Å². The molecule has 0 radical (unpaired) electrons. The molecule has 2 rings (SSSR count). The molecule has 1 aromatic rings. The summed E-state index contributed by atoms with van der Waals surface area (Å²) in [7, 11) is 0. The van der Waals surface area contributed by atoms with Gasteiger partial charge in [-0.15, -0.1) is 0 Å². The molecule has 3 atom stereocenters. The van der Waals surface area contributed by atoms with Crippen molar-refractivity contribution in [3.8, 4) is 0 Å². The number of aliphatic hydroxyl groups is 1. The van der Waals surface area contributed by atoms with E-state index in [1.54, 1.807) is 0 Å². The van der Waals surface area contributed by atoms with Crippen LogP contribution in [0.4, 0.5) is 11.4 Å². The predicted molar refractivity (Wildman–Crippen MR) is 92.8 cm³/mol. The van der Waals surface area contributed by atoms with Crippen molar-refractivity contribution in [3.63, 3.8) is 0 Å². The number of morpholine rings is 1. The molecule has 1 amide bonds. The Morgan fingerprint density at radius 1 is 1.30 bits per heavy atom. The fraction of sp³-hybridized carbons (Fsp3) is 0.611. The highest BCUT2D eigenvalue weighted by atomic mass is 16.5. The Morgan fingerprint density at radius 2 is 1.91 bits per heavy atom. The molecule has 1 aliphatic heterocycles. The Hall–Kier alpha value is -1.59. The van der Waals surface area contributed by atoms with Gasteiger partial charge in [0, 0.05) is 13.1 Å². The molecule has 1 heterocycles. The Bertz CT molecular complexity index is 523. The lowest BCUT2D eigenvalue weighted by atomic mass is 10.0. The number of amides is 1. The number of aliphatic hydroxyl groups excluding tert-OH is 1. The van der Waals surface area contributed by atoms with Gasteiger partial charge in [-0.1, -0.05) is 26.0 Å². The topological polar surface area (TPSA) is 61.8 Å². The fourth-order valence-electron chi connectivity index (χ4n) is 2.86. The number of benzene rings is 1. The summed E-state index contributed by atoms with van der Waals surface area (Å²) in [6.45, 7) is 9.52. The summed E-state index contributed by atoms with van der Waals surface area (Å²) in [5.74, 6) is -0.0926. The van der Waals surface area contributed by atoms with Crippen LogP contribution in [0.2, 0.25) is 0 Å². The molecule has 0 spiro atoms. The average Bonchev–Trinajstić information content (AvgIpc) is 2.46. The molecule has 23 heavy (non-hydrogen) atoms. The molecular formula is C18H28N2O3. The van der Waals surface area contributed by atoms with E-state index in [0.717, 1.165) is 24.5 Å². The average molecular weight is 320 g/mol. The lowest BCUT2D eigenvalue weighted by Crippen LogP contribution is -2.45. The standard InChI is InChI=1S/C18H28N2O3/c1-12(2)17(21)9-18(22)19-15-7-5-6-8-16(15)20-10-13(3)23-14(4)11-20/h5-8,12-14,17,21H,9-11H2,1-4H3,(H,19,22).